The maximum atomic E-state index is 7.64. The van der Waals surface area contributed by atoms with Crippen molar-refractivity contribution in [3.8, 4) is 62.2 Å². The lowest BCUT2D eigenvalue weighted by molar-refractivity contribution is 0.163. The molecular formula is C55H39N3O. The van der Waals surface area contributed by atoms with Gasteiger partial charge in [0.25, 0.3) is 0 Å². The van der Waals surface area contributed by atoms with Gasteiger partial charge in [-0.05, 0) is 44.8 Å². The molecule has 0 bridgehead atoms. The Bertz CT molecular complexity index is 3010. The smallest absolute Gasteiger partial charge is 0.178 e. The Morgan fingerprint density at radius 2 is 0.864 bits per heavy atom. The first-order chi connectivity index (χ1) is 29.0. The largest absolute Gasteiger partial charge is 0.472 e. The van der Waals surface area contributed by atoms with Crippen LogP contribution in [0, 0.1) is 0 Å². The highest BCUT2D eigenvalue weighted by Gasteiger charge is 2.44. The Morgan fingerprint density at radius 3 is 1.44 bits per heavy atom. The molecule has 0 fully saturated rings. The first-order valence-electron chi connectivity index (χ1n) is 20.2. The van der Waals surface area contributed by atoms with Crippen molar-refractivity contribution in [1.82, 2.24) is 15.0 Å². The van der Waals surface area contributed by atoms with E-state index in [-0.39, 0.29) is 5.41 Å². The summed E-state index contributed by atoms with van der Waals surface area (Å²) >= 11 is 0. The number of fused-ring (bicyclic) bond motifs is 8. The fraction of sp³-hybridized carbons (Fsp3) is 0.0727. The van der Waals surface area contributed by atoms with E-state index in [9.17, 15) is 0 Å². The Balaban J connectivity index is 1.08. The Kier molecular flexibility index (Phi) is 8.02. The summed E-state index contributed by atoms with van der Waals surface area (Å²) in [5.74, 6) is 2.78. The third kappa shape index (κ3) is 5.63. The number of benzene rings is 8. The second-order valence-corrected chi connectivity index (χ2v) is 15.9. The Labute approximate surface area is 344 Å². The van der Waals surface area contributed by atoms with Crippen LogP contribution in [0.15, 0.2) is 194 Å². The molecule has 11 rings (SSSR count). The van der Waals surface area contributed by atoms with Crippen LogP contribution in [0.25, 0.3) is 73.3 Å². The highest BCUT2D eigenvalue weighted by Crippen LogP contribution is 2.58. The first-order valence-corrected chi connectivity index (χ1v) is 20.2. The minimum absolute atomic E-state index is 0.214. The summed E-state index contributed by atoms with van der Waals surface area (Å²) < 4.78 is 7.64. The number of nitrogens with zero attached hydrogens (tertiary/aromatic N) is 3. The van der Waals surface area contributed by atoms with Crippen LogP contribution in [0.1, 0.15) is 41.7 Å². The molecule has 59 heavy (non-hydrogen) atoms. The van der Waals surface area contributed by atoms with Crippen molar-refractivity contribution in [2.75, 3.05) is 0 Å². The minimum Gasteiger partial charge on any atom is -0.472 e. The monoisotopic (exact) mass is 757 g/mol. The maximum Gasteiger partial charge on any atom is 0.178 e. The van der Waals surface area contributed by atoms with Crippen molar-refractivity contribution < 1.29 is 4.74 Å². The van der Waals surface area contributed by atoms with Crippen molar-refractivity contribution in [3.63, 3.8) is 0 Å². The van der Waals surface area contributed by atoms with Crippen LogP contribution in [-0.4, -0.2) is 15.0 Å². The number of rotatable bonds is 6. The van der Waals surface area contributed by atoms with Gasteiger partial charge >= 0.3 is 0 Å². The van der Waals surface area contributed by atoms with E-state index < -0.39 is 5.60 Å². The second kappa shape index (κ2) is 13.6. The van der Waals surface area contributed by atoms with Gasteiger partial charge in [-0.3, -0.25) is 0 Å². The van der Waals surface area contributed by atoms with Crippen molar-refractivity contribution >= 4 is 16.8 Å². The molecule has 4 heteroatoms. The van der Waals surface area contributed by atoms with Gasteiger partial charge in [-0.2, -0.15) is 0 Å². The zero-order valence-corrected chi connectivity index (χ0v) is 32.8. The first kappa shape index (κ1) is 34.8. The quantitative estimate of drug-likeness (QED) is 0.169. The standard InChI is InChI=1S/C55H39N3O/c1-54(2)47-25-15-14-24-45(47)48-43-22-12-13-23-44(43)50-46(49(48)54)34-35-55(59-50,41-30-26-37(27-31-41)36-16-6-3-7-17-36)42-32-28-40(29-33-42)53-57-51(38-18-8-4-9-19-38)56-52(58-53)39-20-10-5-11-21-39/h3-35H,1-2H3. The Morgan fingerprint density at radius 1 is 0.424 bits per heavy atom. The molecule has 1 atom stereocenters. The zero-order valence-electron chi connectivity index (χ0n) is 32.8. The number of hydrogen-bond acceptors (Lipinski definition) is 4. The van der Waals surface area contributed by atoms with Crippen LogP contribution < -0.4 is 4.74 Å². The predicted molar refractivity (Wildman–Crippen MR) is 240 cm³/mol. The average Bonchev–Trinajstić information content (AvgIpc) is 3.56. The van der Waals surface area contributed by atoms with Crippen molar-refractivity contribution in [2.45, 2.75) is 24.9 Å². The summed E-state index contributed by atoms with van der Waals surface area (Å²) in [7, 11) is 0. The van der Waals surface area contributed by atoms with Crippen molar-refractivity contribution in [1.29, 1.82) is 0 Å². The lowest BCUT2D eigenvalue weighted by Gasteiger charge is -2.38. The third-order valence-electron chi connectivity index (χ3n) is 12.1. The zero-order chi connectivity index (χ0) is 39.6. The van der Waals surface area contributed by atoms with Crippen LogP contribution >= 0.6 is 0 Å². The molecule has 1 aromatic heterocycles. The van der Waals surface area contributed by atoms with Gasteiger partial charge in [0.2, 0.25) is 0 Å². The van der Waals surface area contributed by atoms with Crippen LogP contribution in [0.2, 0.25) is 0 Å². The van der Waals surface area contributed by atoms with E-state index in [1.165, 1.54) is 33.2 Å². The van der Waals surface area contributed by atoms with Crippen LogP contribution in [0.4, 0.5) is 0 Å². The van der Waals surface area contributed by atoms with E-state index in [0.717, 1.165) is 50.1 Å². The van der Waals surface area contributed by atoms with Gasteiger partial charge in [-0.15, -0.1) is 0 Å². The summed E-state index contributed by atoms with van der Waals surface area (Å²) in [5.41, 5.74) is 12.4. The number of ether oxygens (including phenoxy) is 1. The summed E-state index contributed by atoms with van der Waals surface area (Å²) in [6, 6.07) is 65.7. The summed E-state index contributed by atoms with van der Waals surface area (Å²) in [6.45, 7) is 4.69. The lowest BCUT2D eigenvalue weighted by Crippen LogP contribution is -2.35. The summed E-state index contributed by atoms with van der Waals surface area (Å²) in [4.78, 5) is 14.9. The van der Waals surface area contributed by atoms with E-state index in [1.54, 1.807) is 0 Å². The molecular weight excluding hydrogens is 719 g/mol. The van der Waals surface area contributed by atoms with Gasteiger partial charge in [-0.1, -0.05) is 208 Å². The summed E-state index contributed by atoms with van der Waals surface area (Å²) in [5, 5.41) is 2.31. The molecule has 1 aliphatic heterocycles. The highest BCUT2D eigenvalue weighted by molar-refractivity contribution is 6.08. The predicted octanol–water partition coefficient (Wildman–Crippen LogP) is 13.3. The molecule has 2 heterocycles. The SMILES string of the molecule is CC1(C)c2ccccc2-c2c1c1c(c3ccccc23)OC(c2ccc(-c3ccccc3)cc2)(c2ccc(-c3nc(-c4ccccc4)nc(-c4ccccc4)n3)cc2)C=C1. The molecule has 1 aliphatic carbocycles. The molecule has 8 aromatic carbocycles. The topological polar surface area (TPSA) is 47.9 Å². The molecule has 2 aliphatic rings. The molecule has 0 saturated heterocycles. The van der Waals surface area contributed by atoms with Gasteiger partial charge in [-0.25, -0.2) is 15.0 Å². The molecule has 9 aromatic rings. The van der Waals surface area contributed by atoms with Gasteiger partial charge in [0, 0.05) is 44.2 Å². The fourth-order valence-electron chi connectivity index (χ4n) is 9.22. The van der Waals surface area contributed by atoms with Gasteiger partial charge < -0.3 is 4.74 Å². The normalized spacial score (nSPS) is 15.9. The van der Waals surface area contributed by atoms with E-state index in [2.05, 4.69) is 153 Å². The maximum absolute atomic E-state index is 7.64. The van der Waals surface area contributed by atoms with Crippen LogP contribution in [0.5, 0.6) is 5.75 Å². The lowest BCUT2D eigenvalue weighted by atomic mass is 9.76. The molecule has 0 N–H and O–H groups in total. The van der Waals surface area contributed by atoms with Crippen LogP contribution in [0.3, 0.4) is 0 Å². The third-order valence-corrected chi connectivity index (χ3v) is 12.1. The Hall–Kier alpha value is -7.43. The summed E-state index contributed by atoms with van der Waals surface area (Å²) in [6.07, 6.45) is 4.58. The van der Waals surface area contributed by atoms with Gasteiger partial charge in [0.05, 0.1) is 0 Å². The second-order valence-electron chi connectivity index (χ2n) is 15.9. The molecule has 280 valence electrons. The molecule has 4 nitrogen and oxygen atoms in total. The molecule has 0 saturated carbocycles. The highest BCUT2D eigenvalue weighted by atomic mass is 16.5. The van der Waals surface area contributed by atoms with E-state index >= 15 is 0 Å². The minimum atomic E-state index is -0.934. The van der Waals surface area contributed by atoms with E-state index in [4.69, 9.17) is 19.7 Å². The average molecular weight is 758 g/mol. The number of hydrogen-bond donors (Lipinski definition) is 0. The molecule has 0 amide bonds. The molecule has 1 unspecified atom stereocenters. The fourth-order valence-corrected chi connectivity index (χ4v) is 9.22. The van der Waals surface area contributed by atoms with Crippen LogP contribution in [-0.2, 0) is 11.0 Å². The molecule has 0 radical (unpaired) electrons. The number of aromatic nitrogens is 3. The van der Waals surface area contributed by atoms with E-state index in [0.29, 0.717) is 17.5 Å². The van der Waals surface area contributed by atoms with Gasteiger partial charge in [0.15, 0.2) is 23.1 Å². The van der Waals surface area contributed by atoms with Crippen molar-refractivity contribution in [3.05, 3.63) is 222 Å². The van der Waals surface area contributed by atoms with E-state index in [1.807, 2.05) is 60.7 Å². The van der Waals surface area contributed by atoms with Gasteiger partial charge in [0.1, 0.15) is 5.75 Å². The van der Waals surface area contributed by atoms with Crippen molar-refractivity contribution in [2.24, 2.45) is 0 Å². The molecule has 0 spiro atoms.